The van der Waals surface area contributed by atoms with Gasteiger partial charge in [0, 0.05) is 24.1 Å². The first kappa shape index (κ1) is 13.4. The Hall–Kier alpha value is -2.24. The van der Waals surface area contributed by atoms with Crippen molar-refractivity contribution >= 4 is 17.6 Å². The third-order valence-electron chi connectivity index (χ3n) is 3.89. The van der Waals surface area contributed by atoms with Crippen LogP contribution in [-0.4, -0.2) is 18.1 Å². The van der Waals surface area contributed by atoms with E-state index in [0.29, 0.717) is 23.2 Å². The van der Waals surface area contributed by atoms with Crippen LogP contribution in [0.5, 0.6) is 11.5 Å². The number of para-hydroxylation sites is 1. The molecule has 2 N–H and O–H groups in total. The number of aliphatic imine (C=N–C) groups is 1. The summed E-state index contributed by atoms with van der Waals surface area (Å²) in [7, 11) is 1.73. The van der Waals surface area contributed by atoms with Crippen molar-refractivity contribution in [3.05, 3.63) is 58.6 Å². The van der Waals surface area contributed by atoms with Crippen LogP contribution in [0, 0.1) is 0 Å². The molecule has 2 aliphatic heterocycles. The molecule has 0 radical (unpaired) electrons. The van der Waals surface area contributed by atoms with E-state index in [1.54, 1.807) is 13.1 Å². The highest BCUT2D eigenvalue weighted by Gasteiger charge is 2.45. The summed E-state index contributed by atoms with van der Waals surface area (Å²) in [6, 6.07) is 13.3. The number of ether oxygens (including phenoxy) is 1. The van der Waals surface area contributed by atoms with Gasteiger partial charge in [0.15, 0.2) is 0 Å². The van der Waals surface area contributed by atoms with E-state index in [-0.39, 0.29) is 0 Å². The van der Waals surface area contributed by atoms with Crippen LogP contribution in [-0.2, 0) is 17.0 Å². The Bertz CT molecular complexity index is 793. The summed E-state index contributed by atoms with van der Waals surface area (Å²) in [5.41, 5.74) is 6.74. The maximum absolute atomic E-state index is 6.17. The number of hydrogen-bond acceptors (Lipinski definition) is 5. The largest absolute Gasteiger partial charge is 0.457 e. The Morgan fingerprint density at radius 1 is 1.23 bits per heavy atom. The van der Waals surface area contributed by atoms with Gasteiger partial charge in [-0.2, -0.15) is 0 Å². The fourth-order valence-corrected chi connectivity index (χ4v) is 3.02. The molecule has 2 heterocycles. The van der Waals surface area contributed by atoms with E-state index in [1.807, 2.05) is 36.4 Å². The number of guanidine groups is 1. The van der Waals surface area contributed by atoms with Gasteiger partial charge in [0.25, 0.3) is 0 Å². The minimum atomic E-state index is -0.953. The van der Waals surface area contributed by atoms with Crippen LogP contribution in [0.4, 0.5) is 0 Å². The third-order valence-corrected chi connectivity index (χ3v) is 4.13. The molecule has 1 atom stereocenters. The van der Waals surface area contributed by atoms with Gasteiger partial charge in [0.1, 0.15) is 11.5 Å². The lowest BCUT2D eigenvalue weighted by Crippen LogP contribution is -2.32. The molecule has 0 bridgehead atoms. The van der Waals surface area contributed by atoms with Crippen molar-refractivity contribution in [3.63, 3.8) is 0 Å². The number of rotatable bonds is 0. The highest BCUT2D eigenvalue weighted by molar-refractivity contribution is 6.30. The topological polar surface area (TPSA) is 60.1 Å². The van der Waals surface area contributed by atoms with Crippen LogP contribution in [0.15, 0.2) is 47.5 Å². The Kier molecular flexibility index (Phi) is 2.82. The molecule has 112 valence electrons. The molecule has 6 heteroatoms. The number of hydrogen-bond donors (Lipinski definition) is 1. The van der Waals surface area contributed by atoms with E-state index in [0.717, 1.165) is 16.9 Å². The van der Waals surface area contributed by atoms with Gasteiger partial charge in [-0.05, 0) is 24.3 Å². The van der Waals surface area contributed by atoms with E-state index in [2.05, 4.69) is 4.99 Å². The molecule has 0 saturated carbocycles. The highest BCUT2D eigenvalue weighted by Crippen LogP contribution is 2.47. The van der Waals surface area contributed by atoms with Gasteiger partial charge in [-0.25, -0.2) is 14.9 Å². The number of fused-ring (bicyclic) bond motifs is 3. The highest BCUT2D eigenvalue weighted by atomic mass is 35.5. The first-order valence-corrected chi connectivity index (χ1v) is 7.29. The van der Waals surface area contributed by atoms with Gasteiger partial charge in [0.2, 0.25) is 11.7 Å². The molecule has 2 aromatic rings. The number of halogens is 1. The average Bonchev–Trinajstić information content (AvgIpc) is 2.71. The predicted molar refractivity (Wildman–Crippen MR) is 83.8 cm³/mol. The second-order valence-corrected chi connectivity index (χ2v) is 5.81. The maximum atomic E-state index is 6.17. The van der Waals surface area contributed by atoms with E-state index in [1.165, 1.54) is 5.06 Å². The normalized spacial score (nSPS) is 22.6. The third kappa shape index (κ3) is 1.94. The molecular weight excluding hydrogens is 302 g/mol. The van der Waals surface area contributed by atoms with Crippen molar-refractivity contribution in [2.75, 3.05) is 7.05 Å². The van der Waals surface area contributed by atoms with Crippen molar-refractivity contribution < 1.29 is 9.57 Å². The van der Waals surface area contributed by atoms with E-state index < -0.39 is 5.72 Å². The summed E-state index contributed by atoms with van der Waals surface area (Å²) in [6.07, 6.45) is 0.515. The summed E-state index contributed by atoms with van der Waals surface area (Å²) < 4.78 is 6.05. The molecule has 2 aliphatic rings. The fourth-order valence-electron chi connectivity index (χ4n) is 2.85. The molecule has 0 aromatic heterocycles. The molecule has 2 aromatic carbocycles. The lowest BCUT2D eigenvalue weighted by Gasteiger charge is -2.25. The van der Waals surface area contributed by atoms with Crippen molar-refractivity contribution in [1.29, 1.82) is 0 Å². The van der Waals surface area contributed by atoms with E-state index in [9.17, 15) is 0 Å². The number of nitrogens with two attached hydrogens (primary N) is 1. The standard InChI is InChI=1S/C16H14ClN3O2/c1-20-15(18)19-16(22-20)9-10-4-2-3-5-13(10)21-14-7-6-11(17)8-12(14)16/h2-8H,9H2,1H3,(H2,18,19). The van der Waals surface area contributed by atoms with Crippen molar-refractivity contribution in [2.45, 2.75) is 12.1 Å². The second kappa shape index (κ2) is 4.63. The molecule has 0 aliphatic carbocycles. The van der Waals surface area contributed by atoms with Crippen LogP contribution in [0.2, 0.25) is 5.02 Å². The lowest BCUT2D eigenvalue weighted by atomic mass is 9.95. The zero-order valence-corrected chi connectivity index (χ0v) is 12.7. The molecule has 5 nitrogen and oxygen atoms in total. The van der Waals surface area contributed by atoms with Crippen LogP contribution in [0.1, 0.15) is 11.1 Å². The SMILES string of the molecule is CN1OC2(Cc3ccccc3Oc3ccc(Cl)cc32)N=C1N. The van der Waals surface area contributed by atoms with Crippen molar-refractivity contribution in [2.24, 2.45) is 10.7 Å². The first-order chi connectivity index (χ1) is 10.6. The number of benzene rings is 2. The summed E-state index contributed by atoms with van der Waals surface area (Å²) in [4.78, 5) is 10.5. The van der Waals surface area contributed by atoms with Crippen molar-refractivity contribution in [3.8, 4) is 11.5 Å². The lowest BCUT2D eigenvalue weighted by molar-refractivity contribution is -0.172. The molecule has 4 rings (SSSR count). The zero-order chi connectivity index (χ0) is 15.3. The quantitative estimate of drug-likeness (QED) is 0.812. The Morgan fingerprint density at radius 3 is 2.82 bits per heavy atom. The molecule has 0 fully saturated rings. The van der Waals surface area contributed by atoms with E-state index in [4.69, 9.17) is 26.9 Å². The van der Waals surface area contributed by atoms with Gasteiger partial charge < -0.3 is 10.5 Å². The Morgan fingerprint density at radius 2 is 2.05 bits per heavy atom. The van der Waals surface area contributed by atoms with Gasteiger partial charge >= 0.3 is 0 Å². The van der Waals surface area contributed by atoms with Crippen LogP contribution >= 0.6 is 11.6 Å². The van der Waals surface area contributed by atoms with Gasteiger partial charge in [-0.3, -0.25) is 0 Å². The monoisotopic (exact) mass is 315 g/mol. The minimum absolute atomic E-state index is 0.324. The summed E-state index contributed by atoms with van der Waals surface area (Å²) in [5.74, 6) is 1.78. The summed E-state index contributed by atoms with van der Waals surface area (Å²) >= 11 is 6.17. The smallest absolute Gasteiger partial charge is 0.222 e. The minimum Gasteiger partial charge on any atom is -0.457 e. The molecule has 0 saturated heterocycles. The summed E-state index contributed by atoms with van der Waals surface area (Å²) in [5, 5.41) is 2.07. The number of hydroxylamine groups is 2. The van der Waals surface area contributed by atoms with E-state index >= 15 is 0 Å². The molecule has 0 amide bonds. The van der Waals surface area contributed by atoms with Crippen LogP contribution in [0.25, 0.3) is 0 Å². The zero-order valence-electron chi connectivity index (χ0n) is 11.9. The molecular formula is C16H14ClN3O2. The van der Waals surface area contributed by atoms with Crippen molar-refractivity contribution in [1.82, 2.24) is 5.06 Å². The Balaban J connectivity index is 1.97. The Labute approximate surface area is 132 Å². The maximum Gasteiger partial charge on any atom is 0.222 e. The van der Waals surface area contributed by atoms with Gasteiger partial charge in [-0.1, -0.05) is 29.8 Å². The van der Waals surface area contributed by atoms with Crippen LogP contribution in [0.3, 0.4) is 0 Å². The average molecular weight is 316 g/mol. The molecule has 1 unspecified atom stereocenters. The predicted octanol–water partition coefficient (Wildman–Crippen LogP) is 3.03. The van der Waals surface area contributed by atoms with Crippen LogP contribution < -0.4 is 10.5 Å². The second-order valence-electron chi connectivity index (χ2n) is 5.37. The summed E-state index contributed by atoms with van der Waals surface area (Å²) in [6.45, 7) is 0. The fraction of sp³-hybridized carbons (Fsp3) is 0.188. The molecule has 22 heavy (non-hydrogen) atoms. The molecule has 1 spiro atoms. The number of nitrogens with zero attached hydrogens (tertiary/aromatic N) is 2. The first-order valence-electron chi connectivity index (χ1n) is 6.91. The van der Waals surface area contributed by atoms with Gasteiger partial charge in [0.05, 0.1) is 5.56 Å². The van der Waals surface area contributed by atoms with Gasteiger partial charge in [-0.15, -0.1) is 0 Å².